The van der Waals surface area contributed by atoms with E-state index in [1.54, 1.807) is 0 Å². The Morgan fingerprint density at radius 3 is 2.12 bits per heavy atom. The molecule has 0 bridgehead atoms. The molecule has 2 nitrogen and oxygen atoms in total. The van der Waals surface area contributed by atoms with Crippen LogP contribution in [0.25, 0.3) is 0 Å². The third kappa shape index (κ3) is 5.53. The molecule has 1 N–H and O–H groups in total. The lowest BCUT2D eigenvalue weighted by Gasteiger charge is -2.04. The average molecular weight is 223 g/mol. The molecule has 2 heteroatoms. The van der Waals surface area contributed by atoms with Gasteiger partial charge in [-0.05, 0) is 48.9 Å². The van der Waals surface area contributed by atoms with Gasteiger partial charge >= 0.3 is 5.97 Å². The quantitative estimate of drug-likeness (QED) is 0.790. The Balaban J connectivity index is 0.000000165. The van der Waals surface area contributed by atoms with Crippen LogP contribution in [0.3, 0.4) is 0 Å². The molecular formula is C14H23O2. The number of carboxylic acid groups (broad SMARTS) is 1. The molecule has 2 rings (SSSR count). The highest BCUT2D eigenvalue weighted by Crippen LogP contribution is 2.53. The molecule has 0 spiro atoms. The summed E-state index contributed by atoms with van der Waals surface area (Å²) in [5, 5.41) is 8.10. The fourth-order valence-electron chi connectivity index (χ4n) is 1.71. The molecule has 2 aliphatic rings. The summed E-state index contributed by atoms with van der Waals surface area (Å²) in [5.41, 5.74) is 0.449. The highest BCUT2D eigenvalue weighted by molar-refractivity contribution is 5.70. The fourth-order valence-corrected chi connectivity index (χ4v) is 1.71. The Labute approximate surface area is 99.4 Å². The van der Waals surface area contributed by atoms with Crippen LogP contribution in [0.1, 0.15) is 53.4 Å². The smallest absolute Gasteiger partial charge is 0.303 e. The van der Waals surface area contributed by atoms with Gasteiger partial charge in [0.15, 0.2) is 0 Å². The van der Waals surface area contributed by atoms with Crippen LogP contribution in [0.5, 0.6) is 0 Å². The lowest BCUT2D eigenvalue weighted by atomic mass is 10.0. The van der Waals surface area contributed by atoms with E-state index in [4.69, 9.17) is 5.11 Å². The summed E-state index contributed by atoms with van der Waals surface area (Å²) >= 11 is 0. The van der Waals surface area contributed by atoms with E-state index in [0.29, 0.717) is 11.8 Å². The molecule has 0 heterocycles. The Morgan fingerprint density at radius 1 is 1.50 bits per heavy atom. The predicted molar refractivity (Wildman–Crippen MR) is 64.7 cm³/mol. The molecule has 16 heavy (non-hydrogen) atoms. The predicted octanol–water partition coefficient (Wildman–Crippen LogP) is 3.60. The van der Waals surface area contributed by atoms with Gasteiger partial charge in [0.1, 0.15) is 0 Å². The van der Waals surface area contributed by atoms with Gasteiger partial charge in [0.2, 0.25) is 0 Å². The van der Waals surface area contributed by atoms with Crippen molar-refractivity contribution in [1.29, 1.82) is 0 Å². The topological polar surface area (TPSA) is 37.3 Å². The molecule has 0 saturated heterocycles. The van der Waals surface area contributed by atoms with E-state index in [1.165, 1.54) is 12.3 Å². The molecule has 2 fully saturated rings. The van der Waals surface area contributed by atoms with Gasteiger partial charge in [-0.2, -0.15) is 0 Å². The van der Waals surface area contributed by atoms with Crippen LogP contribution >= 0.6 is 0 Å². The Morgan fingerprint density at radius 2 is 2.00 bits per heavy atom. The minimum absolute atomic E-state index is 0.306. The summed E-state index contributed by atoms with van der Waals surface area (Å²) in [6.45, 7) is 9.08. The molecule has 2 aliphatic carbocycles. The fraction of sp³-hybridized carbons (Fsp3) is 0.786. The summed E-state index contributed by atoms with van der Waals surface area (Å²) in [6.07, 6.45) is 7.17. The Bertz CT molecular complexity index is 239. The van der Waals surface area contributed by atoms with Gasteiger partial charge in [-0.15, -0.1) is 0 Å². The van der Waals surface area contributed by atoms with Gasteiger partial charge < -0.3 is 5.11 Å². The van der Waals surface area contributed by atoms with Crippen LogP contribution in [0.4, 0.5) is 0 Å². The van der Waals surface area contributed by atoms with Gasteiger partial charge in [-0.25, -0.2) is 0 Å². The van der Waals surface area contributed by atoms with Crippen molar-refractivity contribution in [2.75, 3.05) is 0 Å². The zero-order chi connectivity index (χ0) is 12.3. The largest absolute Gasteiger partial charge is 0.481 e. The highest BCUT2D eigenvalue weighted by atomic mass is 16.4. The molecule has 3 radical (unpaired) electrons. The molecular weight excluding hydrogens is 200 g/mol. The SMILES string of the molecule is CC(C)CC1[C]C1(C)C.O=C(O)C[C]1CC1. The van der Waals surface area contributed by atoms with Crippen LogP contribution in [-0.4, -0.2) is 11.1 Å². The molecule has 1 atom stereocenters. The van der Waals surface area contributed by atoms with Crippen molar-refractivity contribution < 1.29 is 9.90 Å². The number of carboxylic acids is 1. The third-order valence-electron chi connectivity index (χ3n) is 3.05. The van der Waals surface area contributed by atoms with E-state index in [0.717, 1.165) is 24.7 Å². The van der Waals surface area contributed by atoms with Crippen LogP contribution in [0.15, 0.2) is 0 Å². The molecule has 0 aliphatic heterocycles. The van der Waals surface area contributed by atoms with Crippen LogP contribution < -0.4 is 0 Å². The molecule has 91 valence electrons. The summed E-state index contributed by atoms with van der Waals surface area (Å²) < 4.78 is 0. The maximum Gasteiger partial charge on any atom is 0.303 e. The normalized spacial score (nSPS) is 25.9. The van der Waals surface area contributed by atoms with Gasteiger partial charge in [0, 0.05) is 0 Å². The van der Waals surface area contributed by atoms with Gasteiger partial charge in [0.25, 0.3) is 0 Å². The minimum atomic E-state index is -0.688. The summed E-state index contributed by atoms with van der Waals surface area (Å²) in [4.78, 5) is 9.83. The number of hydrogen-bond donors (Lipinski definition) is 1. The van der Waals surface area contributed by atoms with Crippen molar-refractivity contribution >= 4 is 5.97 Å². The second-order valence-corrected chi connectivity index (χ2v) is 5.87. The zero-order valence-corrected chi connectivity index (χ0v) is 10.8. The standard InChI is InChI=1S/C9H16.C5H7O2/c1-7(2)5-8-6-9(8,3)4;6-5(7)3-4-1-2-4/h7-8H,5H2,1-4H3;1-3H2,(H,6,7). The van der Waals surface area contributed by atoms with E-state index in [2.05, 4.69) is 34.1 Å². The monoisotopic (exact) mass is 223 g/mol. The number of carbonyl (C=O) groups is 1. The average Bonchev–Trinajstić information content (AvgIpc) is 2.94. The van der Waals surface area contributed by atoms with E-state index in [1.807, 2.05) is 0 Å². The maximum atomic E-state index is 9.83. The van der Waals surface area contributed by atoms with Crippen molar-refractivity contribution in [2.24, 2.45) is 17.3 Å². The zero-order valence-electron chi connectivity index (χ0n) is 10.8. The van der Waals surface area contributed by atoms with Crippen molar-refractivity contribution in [3.63, 3.8) is 0 Å². The maximum absolute atomic E-state index is 9.83. The third-order valence-corrected chi connectivity index (χ3v) is 3.05. The summed E-state index contributed by atoms with van der Waals surface area (Å²) in [5.74, 6) is 2.13. The minimum Gasteiger partial charge on any atom is -0.481 e. The van der Waals surface area contributed by atoms with Gasteiger partial charge in [-0.3, -0.25) is 4.79 Å². The Hall–Kier alpha value is -0.530. The van der Waals surface area contributed by atoms with E-state index in [9.17, 15) is 4.79 Å². The summed E-state index contributed by atoms with van der Waals surface area (Å²) in [6, 6.07) is 0. The van der Waals surface area contributed by atoms with Gasteiger partial charge in [-0.1, -0.05) is 27.7 Å². The lowest BCUT2D eigenvalue weighted by Crippen LogP contribution is -1.94. The van der Waals surface area contributed by atoms with E-state index in [-0.39, 0.29) is 0 Å². The van der Waals surface area contributed by atoms with E-state index >= 15 is 0 Å². The van der Waals surface area contributed by atoms with Crippen molar-refractivity contribution in [3.8, 4) is 0 Å². The second-order valence-electron chi connectivity index (χ2n) is 5.87. The molecule has 1 unspecified atom stereocenters. The first kappa shape index (κ1) is 13.5. The highest BCUT2D eigenvalue weighted by Gasteiger charge is 2.46. The molecule has 0 aromatic heterocycles. The first-order valence-corrected chi connectivity index (χ1v) is 6.14. The number of hydrogen-bond acceptors (Lipinski definition) is 1. The molecule has 0 amide bonds. The van der Waals surface area contributed by atoms with Crippen molar-refractivity contribution in [2.45, 2.75) is 53.4 Å². The Kier molecular flexibility index (Phi) is 4.40. The molecule has 0 aromatic rings. The van der Waals surface area contributed by atoms with Crippen LogP contribution in [0, 0.1) is 29.6 Å². The number of aliphatic carboxylic acids is 1. The number of rotatable bonds is 4. The van der Waals surface area contributed by atoms with E-state index < -0.39 is 5.97 Å². The van der Waals surface area contributed by atoms with Crippen LogP contribution in [-0.2, 0) is 4.79 Å². The molecule has 2 saturated carbocycles. The molecule has 0 aromatic carbocycles. The van der Waals surface area contributed by atoms with Crippen molar-refractivity contribution in [1.82, 2.24) is 0 Å². The first-order chi connectivity index (χ1) is 7.31. The van der Waals surface area contributed by atoms with Gasteiger partial charge in [0.05, 0.1) is 6.42 Å². The van der Waals surface area contributed by atoms with Crippen molar-refractivity contribution in [3.05, 3.63) is 12.3 Å². The first-order valence-electron chi connectivity index (χ1n) is 6.14. The lowest BCUT2D eigenvalue weighted by molar-refractivity contribution is -0.136. The second kappa shape index (κ2) is 5.20. The van der Waals surface area contributed by atoms with Crippen LogP contribution in [0.2, 0.25) is 0 Å². The summed E-state index contributed by atoms with van der Waals surface area (Å²) in [7, 11) is 0.